The standard InChI is InChI=1S/C10H7F3N2.C9H5F3O2/c11-10(12,13)9-8(14-6-15-9)7-4-2-1-3-5-7;10-9(11,12)8(14)7(13)6-4-2-1-3-5-6/h1-6H,(H,14,15);1-5H. The quantitative estimate of drug-likeness (QED) is 0.369. The molecule has 152 valence electrons. The van der Waals surface area contributed by atoms with Crippen LogP contribution in [0.2, 0.25) is 0 Å². The van der Waals surface area contributed by atoms with E-state index >= 15 is 0 Å². The highest BCUT2D eigenvalue weighted by Crippen LogP contribution is 2.34. The van der Waals surface area contributed by atoms with Crippen molar-refractivity contribution in [1.29, 1.82) is 0 Å². The number of benzene rings is 2. The number of carbonyl (C=O) groups excluding carboxylic acids is 2. The zero-order valence-corrected chi connectivity index (χ0v) is 14.4. The molecule has 0 atom stereocenters. The lowest BCUT2D eigenvalue weighted by Gasteiger charge is -2.06. The number of imidazole rings is 1. The molecule has 0 bridgehead atoms. The molecule has 0 spiro atoms. The van der Waals surface area contributed by atoms with Crippen molar-refractivity contribution in [3.63, 3.8) is 0 Å². The molecule has 0 aliphatic carbocycles. The van der Waals surface area contributed by atoms with E-state index in [1.165, 1.54) is 18.2 Å². The molecule has 0 aliphatic rings. The number of aromatic amines is 1. The Balaban J connectivity index is 0.000000208. The fourth-order valence-corrected chi connectivity index (χ4v) is 2.17. The summed E-state index contributed by atoms with van der Waals surface area (Å²) < 4.78 is 72.9. The molecule has 1 heterocycles. The molecule has 29 heavy (non-hydrogen) atoms. The van der Waals surface area contributed by atoms with Gasteiger partial charge < -0.3 is 4.98 Å². The number of ketones is 2. The molecule has 1 aromatic heterocycles. The fraction of sp³-hybridized carbons (Fsp3) is 0.105. The van der Waals surface area contributed by atoms with E-state index in [0.717, 1.165) is 18.5 Å². The molecule has 2 aromatic carbocycles. The largest absolute Gasteiger partial charge is 0.458 e. The van der Waals surface area contributed by atoms with Crippen LogP contribution in [0.3, 0.4) is 0 Å². The molecule has 1 N–H and O–H groups in total. The van der Waals surface area contributed by atoms with Crippen molar-refractivity contribution in [2.75, 3.05) is 0 Å². The number of nitrogens with one attached hydrogen (secondary N) is 1. The summed E-state index contributed by atoms with van der Waals surface area (Å²) in [6.07, 6.45) is -8.46. The Kier molecular flexibility index (Phi) is 6.57. The number of Topliss-reactive ketones (excluding diaryl/α,β-unsaturated/α-hetero) is 2. The van der Waals surface area contributed by atoms with Gasteiger partial charge in [0.2, 0.25) is 5.78 Å². The Morgan fingerprint density at radius 3 is 1.79 bits per heavy atom. The van der Waals surface area contributed by atoms with Crippen molar-refractivity contribution >= 4 is 11.6 Å². The normalized spacial score (nSPS) is 11.4. The van der Waals surface area contributed by atoms with E-state index in [1.54, 1.807) is 30.3 Å². The predicted molar refractivity (Wildman–Crippen MR) is 90.9 cm³/mol. The number of rotatable bonds is 3. The average molecular weight is 414 g/mol. The predicted octanol–water partition coefficient (Wildman–Crippen LogP) is 5.10. The lowest BCUT2D eigenvalue weighted by Crippen LogP contribution is -2.30. The van der Waals surface area contributed by atoms with Crippen LogP contribution in [0, 0.1) is 0 Å². The minimum atomic E-state index is -5.10. The van der Waals surface area contributed by atoms with E-state index in [2.05, 4.69) is 9.97 Å². The summed E-state index contributed by atoms with van der Waals surface area (Å²) in [4.78, 5) is 27.2. The second-order valence-electron chi connectivity index (χ2n) is 5.51. The van der Waals surface area contributed by atoms with Gasteiger partial charge in [-0.05, 0) is 0 Å². The summed E-state index contributed by atoms with van der Waals surface area (Å²) in [5.41, 5.74) is -0.683. The molecule has 0 aliphatic heterocycles. The summed E-state index contributed by atoms with van der Waals surface area (Å²) in [6.45, 7) is 0. The third-order valence-electron chi connectivity index (χ3n) is 3.47. The van der Waals surface area contributed by atoms with Crippen molar-refractivity contribution in [1.82, 2.24) is 9.97 Å². The van der Waals surface area contributed by atoms with Gasteiger partial charge in [-0.3, -0.25) is 9.59 Å². The second kappa shape index (κ2) is 8.72. The van der Waals surface area contributed by atoms with Crippen LogP contribution in [-0.2, 0) is 11.0 Å². The molecule has 4 nitrogen and oxygen atoms in total. The van der Waals surface area contributed by atoms with Crippen molar-refractivity contribution in [3.05, 3.63) is 78.2 Å². The monoisotopic (exact) mass is 414 g/mol. The molecule has 3 aromatic rings. The van der Waals surface area contributed by atoms with Gasteiger partial charge in [0.15, 0.2) is 0 Å². The van der Waals surface area contributed by atoms with Gasteiger partial charge in [0.1, 0.15) is 11.4 Å². The highest BCUT2D eigenvalue weighted by atomic mass is 19.4. The molecule has 0 saturated heterocycles. The maximum atomic E-state index is 12.5. The first-order chi connectivity index (χ1) is 13.5. The lowest BCUT2D eigenvalue weighted by atomic mass is 10.1. The van der Waals surface area contributed by atoms with Gasteiger partial charge in [-0.15, -0.1) is 0 Å². The minimum Gasteiger partial charge on any atom is -0.341 e. The number of alkyl halides is 6. The highest BCUT2D eigenvalue weighted by Gasteiger charge is 2.43. The summed E-state index contributed by atoms with van der Waals surface area (Å²) in [6, 6.07) is 14.9. The van der Waals surface area contributed by atoms with Crippen LogP contribution >= 0.6 is 0 Å². The first-order valence-corrected chi connectivity index (χ1v) is 7.88. The first kappa shape index (κ1) is 21.9. The fourth-order valence-electron chi connectivity index (χ4n) is 2.17. The Morgan fingerprint density at radius 2 is 1.31 bits per heavy atom. The second-order valence-corrected chi connectivity index (χ2v) is 5.51. The molecular formula is C19H12F6N2O2. The summed E-state index contributed by atoms with van der Waals surface area (Å²) in [5, 5.41) is 0. The SMILES string of the molecule is FC(F)(F)c1[nH]cnc1-c1ccccc1.O=C(C(=O)C(F)(F)F)c1ccccc1. The first-order valence-electron chi connectivity index (χ1n) is 7.88. The van der Waals surface area contributed by atoms with E-state index in [9.17, 15) is 35.9 Å². The van der Waals surface area contributed by atoms with Crippen LogP contribution in [0.5, 0.6) is 0 Å². The third kappa shape index (κ3) is 5.77. The van der Waals surface area contributed by atoms with Crippen molar-refractivity contribution in [2.45, 2.75) is 12.4 Å². The van der Waals surface area contributed by atoms with Gasteiger partial charge in [0.25, 0.3) is 0 Å². The Hall–Kier alpha value is -3.43. The molecule has 0 saturated carbocycles. The Bertz CT molecular complexity index is 964. The van der Waals surface area contributed by atoms with Gasteiger partial charge in [-0.25, -0.2) is 4.98 Å². The summed E-state index contributed by atoms with van der Waals surface area (Å²) in [5.74, 6) is -3.87. The molecule has 3 rings (SSSR count). The van der Waals surface area contributed by atoms with Crippen LogP contribution in [0.15, 0.2) is 67.0 Å². The van der Waals surface area contributed by atoms with Gasteiger partial charge in [0.05, 0.1) is 6.33 Å². The number of hydrogen-bond donors (Lipinski definition) is 1. The minimum absolute atomic E-state index is 0.0666. The number of H-pyrrole nitrogens is 1. The maximum Gasteiger partial charge on any atom is 0.458 e. The Labute approximate surface area is 160 Å². The molecule has 0 radical (unpaired) electrons. The van der Waals surface area contributed by atoms with Gasteiger partial charge >= 0.3 is 18.1 Å². The zero-order valence-electron chi connectivity index (χ0n) is 14.4. The number of nitrogens with zero attached hydrogens (tertiary/aromatic N) is 1. The number of carbonyl (C=O) groups is 2. The summed E-state index contributed by atoms with van der Waals surface area (Å²) in [7, 11) is 0. The molecule has 0 amide bonds. The number of hydrogen-bond acceptors (Lipinski definition) is 3. The number of aromatic nitrogens is 2. The third-order valence-corrected chi connectivity index (χ3v) is 3.47. The van der Waals surface area contributed by atoms with E-state index < -0.39 is 29.6 Å². The van der Waals surface area contributed by atoms with Crippen LogP contribution in [0.1, 0.15) is 16.1 Å². The van der Waals surface area contributed by atoms with E-state index in [1.807, 2.05) is 0 Å². The van der Waals surface area contributed by atoms with Crippen molar-refractivity contribution < 1.29 is 35.9 Å². The zero-order chi connectivity index (χ0) is 21.7. The van der Waals surface area contributed by atoms with E-state index in [0.29, 0.717) is 5.56 Å². The molecular weight excluding hydrogens is 402 g/mol. The molecule has 0 fully saturated rings. The summed E-state index contributed by atoms with van der Waals surface area (Å²) >= 11 is 0. The molecule has 0 unspecified atom stereocenters. The van der Waals surface area contributed by atoms with E-state index in [4.69, 9.17) is 0 Å². The Morgan fingerprint density at radius 1 is 0.793 bits per heavy atom. The van der Waals surface area contributed by atoms with Gasteiger partial charge in [-0.2, -0.15) is 26.3 Å². The smallest absolute Gasteiger partial charge is 0.341 e. The van der Waals surface area contributed by atoms with Crippen molar-refractivity contribution in [2.24, 2.45) is 0 Å². The average Bonchev–Trinajstić information content (AvgIpc) is 3.18. The van der Waals surface area contributed by atoms with Crippen molar-refractivity contribution in [3.8, 4) is 11.3 Å². The lowest BCUT2D eigenvalue weighted by molar-refractivity contribution is -0.165. The van der Waals surface area contributed by atoms with Gasteiger partial charge in [0, 0.05) is 11.1 Å². The van der Waals surface area contributed by atoms with Gasteiger partial charge in [-0.1, -0.05) is 60.7 Å². The van der Waals surface area contributed by atoms with Crippen LogP contribution in [-0.4, -0.2) is 27.7 Å². The van der Waals surface area contributed by atoms with Crippen LogP contribution in [0.4, 0.5) is 26.3 Å². The topological polar surface area (TPSA) is 62.8 Å². The van der Waals surface area contributed by atoms with Crippen LogP contribution in [0.25, 0.3) is 11.3 Å². The molecule has 10 heteroatoms. The van der Waals surface area contributed by atoms with E-state index in [-0.39, 0.29) is 11.3 Å². The maximum absolute atomic E-state index is 12.5. The van der Waals surface area contributed by atoms with Crippen LogP contribution < -0.4 is 0 Å². The number of halogens is 6. The highest BCUT2D eigenvalue weighted by molar-refractivity contribution is 6.45.